The molecule has 2 aliphatic rings. The van der Waals surface area contributed by atoms with Crippen molar-refractivity contribution in [1.29, 1.82) is 0 Å². The van der Waals surface area contributed by atoms with Crippen LogP contribution in [0.4, 0.5) is 8.78 Å². The van der Waals surface area contributed by atoms with Crippen molar-refractivity contribution in [3.05, 3.63) is 35.4 Å². The second-order valence-electron chi connectivity index (χ2n) is 7.32. The number of hydrogen-bond donors (Lipinski definition) is 0. The summed E-state index contributed by atoms with van der Waals surface area (Å²) < 4.78 is 33.0. The number of methoxy groups -OCH3 is 1. The average molecular weight is 352 g/mol. The van der Waals surface area contributed by atoms with Gasteiger partial charge in [0.05, 0.1) is 6.61 Å². The van der Waals surface area contributed by atoms with Gasteiger partial charge in [-0.25, -0.2) is 8.78 Å². The molecule has 1 aromatic carbocycles. The van der Waals surface area contributed by atoms with Crippen LogP contribution < -0.4 is 0 Å². The number of carbonyl (C=O) groups excluding carboxylic acids is 1. The van der Waals surface area contributed by atoms with Crippen LogP contribution in [0.1, 0.15) is 31.2 Å². The molecule has 25 heavy (non-hydrogen) atoms. The number of likely N-dealkylation sites (tertiary alicyclic amines) is 2. The predicted molar refractivity (Wildman–Crippen MR) is 91.0 cm³/mol. The largest absolute Gasteiger partial charge is 0.383 e. The molecule has 138 valence electrons. The van der Waals surface area contributed by atoms with Gasteiger partial charge in [-0.1, -0.05) is 6.07 Å². The number of hydrogen-bond acceptors (Lipinski definition) is 3. The summed E-state index contributed by atoms with van der Waals surface area (Å²) in [6.45, 7) is 3.75. The molecule has 0 radical (unpaired) electrons. The third-order valence-electron chi connectivity index (χ3n) is 5.50. The Balaban J connectivity index is 1.69. The summed E-state index contributed by atoms with van der Waals surface area (Å²) >= 11 is 0. The van der Waals surface area contributed by atoms with E-state index in [9.17, 15) is 13.6 Å². The maximum atomic E-state index is 14.0. The minimum atomic E-state index is -0.486. The van der Waals surface area contributed by atoms with Crippen molar-refractivity contribution in [3.8, 4) is 0 Å². The Morgan fingerprint density at radius 1 is 1.20 bits per heavy atom. The number of benzene rings is 1. The van der Waals surface area contributed by atoms with Gasteiger partial charge in [0.1, 0.15) is 11.6 Å². The van der Waals surface area contributed by atoms with Gasteiger partial charge < -0.3 is 9.64 Å². The fourth-order valence-corrected chi connectivity index (χ4v) is 4.19. The highest BCUT2D eigenvalue weighted by Crippen LogP contribution is 2.39. The van der Waals surface area contributed by atoms with E-state index in [0.29, 0.717) is 26.1 Å². The summed E-state index contributed by atoms with van der Waals surface area (Å²) in [5.41, 5.74) is 0.171. The summed E-state index contributed by atoms with van der Waals surface area (Å²) in [4.78, 5) is 16.2. The van der Waals surface area contributed by atoms with Crippen molar-refractivity contribution >= 4 is 5.91 Å². The molecule has 0 N–H and O–H groups in total. The van der Waals surface area contributed by atoms with E-state index in [1.54, 1.807) is 7.11 Å². The maximum Gasteiger partial charge on any atom is 0.222 e. The highest BCUT2D eigenvalue weighted by atomic mass is 19.1. The van der Waals surface area contributed by atoms with Crippen LogP contribution in [0.3, 0.4) is 0 Å². The van der Waals surface area contributed by atoms with Gasteiger partial charge in [0, 0.05) is 50.7 Å². The van der Waals surface area contributed by atoms with Gasteiger partial charge in [0.25, 0.3) is 0 Å². The number of nitrogens with zero attached hydrogens (tertiary/aromatic N) is 2. The third kappa shape index (κ3) is 4.18. The molecule has 1 atom stereocenters. The van der Waals surface area contributed by atoms with Crippen molar-refractivity contribution < 1.29 is 18.3 Å². The number of rotatable bonds is 5. The van der Waals surface area contributed by atoms with E-state index in [-0.39, 0.29) is 23.4 Å². The van der Waals surface area contributed by atoms with Crippen LogP contribution in [-0.2, 0) is 16.1 Å². The lowest BCUT2D eigenvalue weighted by Crippen LogP contribution is -2.54. The summed E-state index contributed by atoms with van der Waals surface area (Å²) in [7, 11) is 1.63. The molecule has 0 unspecified atom stereocenters. The second-order valence-corrected chi connectivity index (χ2v) is 7.32. The summed E-state index contributed by atoms with van der Waals surface area (Å²) in [6, 6.07) is 4.01. The maximum absolute atomic E-state index is 14.0. The molecule has 4 nitrogen and oxygen atoms in total. The van der Waals surface area contributed by atoms with Crippen LogP contribution in [0.15, 0.2) is 18.2 Å². The van der Waals surface area contributed by atoms with Crippen LogP contribution in [-0.4, -0.2) is 55.6 Å². The summed E-state index contributed by atoms with van der Waals surface area (Å²) in [5.74, 6) is -0.791. The van der Waals surface area contributed by atoms with Crippen molar-refractivity contribution in [2.24, 2.45) is 5.41 Å². The van der Waals surface area contributed by atoms with Gasteiger partial charge in [-0.3, -0.25) is 9.69 Å². The quantitative estimate of drug-likeness (QED) is 0.817. The Kier molecular flexibility index (Phi) is 5.69. The van der Waals surface area contributed by atoms with Crippen molar-refractivity contribution in [2.75, 3.05) is 39.9 Å². The Morgan fingerprint density at radius 2 is 1.96 bits per heavy atom. The fraction of sp³-hybridized carbons (Fsp3) is 0.632. The first-order valence-electron chi connectivity index (χ1n) is 8.95. The number of halogens is 2. The lowest BCUT2D eigenvalue weighted by Gasteiger charge is -2.48. The molecule has 6 heteroatoms. The minimum absolute atomic E-state index is 0.0294. The first kappa shape index (κ1) is 18.3. The fourth-order valence-electron chi connectivity index (χ4n) is 4.19. The lowest BCUT2D eigenvalue weighted by molar-refractivity contribution is -0.140. The first-order valence-corrected chi connectivity index (χ1v) is 8.95. The van der Waals surface area contributed by atoms with E-state index in [2.05, 4.69) is 4.90 Å². The van der Waals surface area contributed by atoms with Gasteiger partial charge in [-0.2, -0.15) is 0 Å². The molecule has 1 spiro atoms. The molecule has 0 aliphatic carbocycles. The zero-order valence-corrected chi connectivity index (χ0v) is 14.8. The van der Waals surface area contributed by atoms with Gasteiger partial charge in [0.2, 0.25) is 5.91 Å². The number of carbonyl (C=O) groups is 1. The van der Waals surface area contributed by atoms with Crippen LogP contribution >= 0.6 is 0 Å². The first-order chi connectivity index (χ1) is 12.0. The molecule has 2 saturated heterocycles. The van der Waals surface area contributed by atoms with Crippen molar-refractivity contribution in [1.82, 2.24) is 9.80 Å². The standard InChI is InChI=1S/C19H26F2N2O2/c1-25-11-10-23-14-19(8-6-18(23)24)7-3-9-22(13-19)12-15-16(20)4-2-5-17(15)21/h2,4-5H,3,6-14H2,1H3/t19-/m1/s1. The Bertz CT molecular complexity index is 605. The molecule has 0 saturated carbocycles. The second kappa shape index (κ2) is 7.79. The molecular formula is C19H26F2N2O2. The zero-order valence-electron chi connectivity index (χ0n) is 14.8. The van der Waals surface area contributed by atoms with E-state index in [4.69, 9.17) is 4.74 Å². The van der Waals surface area contributed by atoms with E-state index in [0.717, 1.165) is 32.4 Å². The third-order valence-corrected chi connectivity index (χ3v) is 5.50. The highest BCUT2D eigenvalue weighted by Gasteiger charge is 2.41. The smallest absolute Gasteiger partial charge is 0.222 e. The van der Waals surface area contributed by atoms with Gasteiger partial charge in [-0.15, -0.1) is 0 Å². The molecule has 3 rings (SSSR count). The SMILES string of the molecule is COCCN1C[C@]2(CCCN(Cc3c(F)cccc3F)C2)CCC1=O. The zero-order chi connectivity index (χ0) is 17.9. The highest BCUT2D eigenvalue weighted by molar-refractivity contribution is 5.77. The average Bonchev–Trinajstić information content (AvgIpc) is 2.60. The van der Waals surface area contributed by atoms with Crippen molar-refractivity contribution in [2.45, 2.75) is 32.2 Å². The minimum Gasteiger partial charge on any atom is -0.383 e. The monoisotopic (exact) mass is 352 g/mol. The van der Waals surface area contributed by atoms with E-state index in [1.165, 1.54) is 18.2 Å². The normalized spacial score (nSPS) is 24.9. The Hall–Kier alpha value is -1.53. The Morgan fingerprint density at radius 3 is 2.68 bits per heavy atom. The summed E-state index contributed by atoms with van der Waals surface area (Å²) in [6.07, 6.45) is 3.44. The number of amides is 1. The molecule has 2 heterocycles. The number of piperidine rings is 2. The van der Waals surface area contributed by atoms with Crippen LogP contribution in [0.25, 0.3) is 0 Å². The molecule has 2 aliphatic heterocycles. The van der Waals surface area contributed by atoms with Gasteiger partial charge in [0.15, 0.2) is 0 Å². The van der Waals surface area contributed by atoms with E-state index in [1.807, 2.05) is 4.90 Å². The van der Waals surface area contributed by atoms with Crippen LogP contribution in [0.2, 0.25) is 0 Å². The van der Waals surface area contributed by atoms with Crippen LogP contribution in [0.5, 0.6) is 0 Å². The van der Waals surface area contributed by atoms with Crippen LogP contribution in [0, 0.1) is 17.0 Å². The summed E-state index contributed by atoms with van der Waals surface area (Å²) in [5, 5.41) is 0. The van der Waals surface area contributed by atoms with E-state index < -0.39 is 11.6 Å². The predicted octanol–water partition coefficient (Wildman–Crippen LogP) is 2.82. The Labute approximate surface area is 147 Å². The molecular weight excluding hydrogens is 326 g/mol. The topological polar surface area (TPSA) is 32.8 Å². The van der Waals surface area contributed by atoms with E-state index >= 15 is 0 Å². The lowest BCUT2D eigenvalue weighted by atomic mass is 9.73. The van der Waals surface area contributed by atoms with Crippen molar-refractivity contribution in [3.63, 3.8) is 0 Å². The molecule has 0 aromatic heterocycles. The molecule has 1 amide bonds. The number of ether oxygens (including phenoxy) is 1. The molecule has 2 fully saturated rings. The van der Waals surface area contributed by atoms with Gasteiger partial charge >= 0.3 is 0 Å². The van der Waals surface area contributed by atoms with Gasteiger partial charge in [-0.05, 0) is 37.9 Å². The molecule has 1 aromatic rings. The molecule has 0 bridgehead atoms.